The number of nitrogens with zero attached hydrogens (tertiary/aromatic N) is 3. The molecule has 0 amide bonds. The van der Waals surface area contributed by atoms with E-state index in [-0.39, 0.29) is 5.75 Å². The number of hydrogen-bond donors (Lipinski definition) is 1. The number of phenols is 1. The highest BCUT2D eigenvalue weighted by atomic mass is 16.3. The van der Waals surface area contributed by atoms with E-state index in [1.54, 1.807) is 61.1 Å². The lowest BCUT2D eigenvalue weighted by atomic mass is 9.92. The number of phenolic OH excluding ortho intramolecular Hbond substituents is 1. The van der Waals surface area contributed by atoms with E-state index in [4.69, 9.17) is 11.8 Å². The molecule has 1 atom stereocenters. The van der Waals surface area contributed by atoms with Crippen LogP contribution in [-0.4, -0.2) is 19.6 Å². The van der Waals surface area contributed by atoms with Crippen LogP contribution in [0.3, 0.4) is 0 Å². The third-order valence-corrected chi connectivity index (χ3v) is 6.21. The molecule has 180 valence electrons. The molecule has 0 saturated carbocycles. The Morgan fingerprint density at radius 1 is 0.806 bits per heavy atom. The number of imidazole rings is 1. The summed E-state index contributed by atoms with van der Waals surface area (Å²) in [6, 6.07) is 25.6. The van der Waals surface area contributed by atoms with Gasteiger partial charge in [-0.1, -0.05) is 82.2 Å². The lowest BCUT2D eigenvalue weighted by molar-refractivity contribution is 0.477. The van der Waals surface area contributed by atoms with Crippen molar-refractivity contribution in [3.63, 3.8) is 0 Å². The molecule has 5 aromatic rings. The molecule has 0 aliphatic heterocycles. The molecule has 4 heteroatoms. The van der Waals surface area contributed by atoms with Gasteiger partial charge < -0.3 is 5.11 Å². The fraction of sp³-hybridized carbons (Fsp3) is 0.188. The Morgan fingerprint density at radius 2 is 1.50 bits per heavy atom. The average molecular weight is 479 g/mol. The Labute approximate surface area is 220 Å². The Balaban J connectivity index is 1.66. The SMILES string of the molecule is [2H]C(C)(C)c1cccc(C([2H])(C)C([2H])([2H])[2H])c1-n1ccnc1-c1cccc(-c2cccc(-c3ccccc3O)n2)c1. The van der Waals surface area contributed by atoms with E-state index in [9.17, 15) is 5.11 Å². The maximum Gasteiger partial charge on any atom is 0.144 e. The molecule has 1 N–H and O–H groups in total. The zero-order valence-electron chi connectivity index (χ0n) is 25.5. The maximum absolute atomic E-state index is 10.3. The van der Waals surface area contributed by atoms with Gasteiger partial charge in [0.2, 0.25) is 0 Å². The highest BCUT2D eigenvalue weighted by Gasteiger charge is 2.19. The smallest absolute Gasteiger partial charge is 0.144 e. The minimum absolute atomic E-state index is 0.151. The Hall–Kier alpha value is -4.18. The van der Waals surface area contributed by atoms with Crippen molar-refractivity contribution in [2.75, 3.05) is 0 Å². The van der Waals surface area contributed by atoms with Crippen LogP contribution in [0.4, 0.5) is 0 Å². The quantitative estimate of drug-likeness (QED) is 0.267. The third kappa shape index (κ3) is 4.42. The lowest BCUT2D eigenvalue weighted by Gasteiger charge is -2.22. The molecule has 0 radical (unpaired) electrons. The summed E-state index contributed by atoms with van der Waals surface area (Å²) in [7, 11) is 0. The molecule has 0 saturated heterocycles. The Kier molecular flexibility index (Phi) is 4.95. The molecule has 5 rings (SSSR count). The number of para-hydroxylation sites is 2. The number of benzene rings is 3. The fourth-order valence-corrected chi connectivity index (χ4v) is 4.46. The monoisotopic (exact) mass is 478 g/mol. The summed E-state index contributed by atoms with van der Waals surface area (Å²) >= 11 is 0. The summed E-state index contributed by atoms with van der Waals surface area (Å²) in [6.45, 7) is 2.27. The summed E-state index contributed by atoms with van der Waals surface area (Å²) in [5.41, 5.74) is 4.92. The molecule has 1 unspecified atom stereocenters. The summed E-state index contributed by atoms with van der Waals surface area (Å²) in [5, 5.41) is 10.3. The predicted molar refractivity (Wildman–Crippen MR) is 148 cm³/mol. The number of aromatic hydroxyl groups is 1. The molecule has 3 aromatic carbocycles. The van der Waals surface area contributed by atoms with E-state index < -0.39 is 18.6 Å². The normalized spacial score (nSPS) is 15.7. The van der Waals surface area contributed by atoms with E-state index in [0.717, 1.165) is 11.1 Å². The molecule has 2 heterocycles. The van der Waals surface area contributed by atoms with Crippen LogP contribution in [0.1, 0.15) is 57.4 Å². The van der Waals surface area contributed by atoms with Gasteiger partial charge in [-0.3, -0.25) is 4.57 Å². The molecular formula is C32H31N3O. The first kappa shape index (κ1) is 18.1. The fourth-order valence-electron chi connectivity index (χ4n) is 4.46. The van der Waals surface area contributed by atoms with Gasteiger partial charge in [-0.05, 0) is 53.2 Å². The molecule has 2 aromatic heterocycles. The van der Waals surface area contributed by atoms with Gasteiger partial charge in [0, 0.05) is 35.9 Å². The van der Waals surface area contributed by atoms with E-state index >= 15 is 0 Å². The minimum atomic E-state index is -2.60. The first-order valence-electron chi connectivity index (χ1n) is 14.3. The average Bonchev–Trinajstić information content (AvgIpc) is 3.42. The van der Waals surface area contributed by atoms with Crippen LogP contribution in [-0.2, 0) is 0 Å². The summed E-state index contributed by atoms with van der Waals surface area (Å²) in [4.78, 5) is 9.43. The van der Waals surface area contributed by atoms with Crippen molar-refractivity contribution in [3.8, 4) is 45.3 Å². The molecule has 0 aliphatic carbocycles. The van der Waals surface area contributed by atoms with Crippen LogP contribution in [0.5, 0.6) is 5.75 Å². The minimum Gasteiger partial charge on any atom is -0.507 e. The predicted octanol–water partition coefficient (Wildman–Crippen LogP) is 8.22. The number of aromatic nitrogens is 3. The summed E-state index contributed by atoms with van der Waals surface area (Å²) in [5.74, 6) is -2.31. The van der Waals surface area contributed by atoms with Crippen molar-refractivity contribution in [2.45, 2.75) is 39.4 Å². The van der Waals surface area contributed by atoms with E-state index in [2.05, 4.69) is 4.98 Å². The van der Waals surface area contributed by atoms with Gasteiger partial charge in [0.1, 0.15) is 11.6 Å². The largest absolute Gasteiger partial charge is 0.507 e. The zero-order valence-corrected chi connectivity index (χ0v) is 20.5. The van der Waals surface area contributed by atoms with Gasteiger partial charge >= 0.3 is 0 Å². The lowest BCUT2D eigenvalue weighted by Crippen LogP contribution is -2.07. The molecule has 4 nitrogen and oxygen atoms in total. The number of pyridine rings is 1. The first-order valence-corrected chi connectivity index (χ1v) is 11.8. The first-order chi connectivity index (χ1) is 19.3. The van der Waals surface area contributed by atoms with E-state index in [1.165, 1.54) is 6.92 Å². The van der Waals surface area contributed by atoms with Gasteiger partial charge in [0.15, 0.2) is 0 Å². The van der Waals surface area contributed by atoms with E-state index in [1.807, 2.05) is 54.6 Å². The van der Waals surface area contributed by atoms with Gasteiger partial charge in [-0.25, -0.2) is 9.97 Å². The summed E-state index contributed by atoms with van der Waals surface area (Å²) in [6.07, 6.45) is 3.37. The maximum atomic E-state index is 10.3. The summed E-state index contributed by atoms with van der Waals surface area (Å²) < 4.78 is 43.8. The highest BCUT2D eigenvalue weighted by molar-refractivity contribution is 5.73. The van der Waals surface area contributed by atoms with Crippen LogP contribution in [0, 0.1) is 0 Å². The van der Waals surface area contributed by atoms with Gasteiger partial charge in [0.25, 0.3) is 0 Å². The van der Waals surface area contributed by atoms with Crippen LogP contribution in [0.2, 0.25) is 0 Å². The van der Waals surface area contributed by atoms with Gasteiger partial charge in [-0.2, -0.15) is 0 Å². The second-order valence-corrected chi connectivity index (χ2v) is 8.95. The molecule has 0 fully saturated rings. The van der Waals surface area contributed by atoms with Crippen molar-refractivity contribution in [3.05, 3.63) is 108 Å². The molecule has 0 spiro atoms. The van der Waals surface area contributed by atoms with Crippen molar-refractivity contribution in [2.24, 2.45) is 0 Å². The molecular weight excluding hydrogens is 442 g/mol. The molecule has 0 aliphatic rings. The standard InChI is InChI=1S/C32H31N3O/c1-21(2)25-13-8-14-26(22(3)4)31(25)35-19-18-33-32(35)24-11-7-10-23(20-24)28-15-9-16-29(34-28)27-12-5-6-17-30(27)36/h5-22,36H,1-4H3/i1D3,21D,22D. The third-order valence-electron chi connectivity index (χ3n) is 6.21. The van der Waals surface area contributed by atoms with Crippen LogP contribution < -0.4 is 0 Å². The Morgan fingerprint density at radius 3 is 2.28 bits per heavy atom. The zero-order chi connectivity index (χ0) is 29.6. The van der Waals surface area contributed by atoms with Crippen molar-refractivity contribution in [1.29, 1.82) is 0 Å². The Bertz CT molecular complexity index is 1720. The second kappa shape index (κ2) is 9.82. The highest BCUT2D eigenvalue weighted by Crippen LogP contribution is 2.35. The molecule has 36 heavy (non-hydrogen) atoms. The van der Waals surface area contributed by atoms with Crippen molar-refractivity contribution in [1.82, 2.24) is 14.5 Å². The topological polar surface area (TPSA) is 50.9 Å². The van der Waals surface area contributed by atoms with Crippen molar-refractivity contribution < 1.29 is 12.0 Å². The molecule has 0 bridgehead atoms. The second-order valence-electron chi connectivity index (χ2n) is 8.95. The van der Waals surface area contributed by atoms with Gasteiger partial charge in [0.05, 0.1) is 17.1 Å². The van der Waals surface area contributed by atoms with E-state index in [0.29, 0.717) is 39.6 Å². The number of rotatable bonds is 6. The van der Waals surface area contributed by atoms with Crippen LogP contribution in [0.15, 0.2) is 97.3 Å². The van der Waals surface area contributed by atoms with Crippen LogP contribution >= 0.6 is 0 Å². The van der Waals surface area contributed by atoms with Crippen molar-refractivity contribution >= 4 is 0 Å². The van der Waals surface area contributed by atoms with Gasteiger partial charge in [-0.15, -0.1) is 0 Å². The van der Waals surface area contributed by atoms with Crippen LogP contribution in [0.25, 0.3) is 39.6 Å². The number of hydrogen-bond acceptors (Lipinski definition) is 3.